The summed E-state index contributed by atoms with van der Waals surface area (Å²) in [5.74, 6) is 0. The van der Waals surface area contributed by atoms with Crippen LogP contribution in [0, 0.1) is 0 Å². The predicted octanol–water partition coefficient (Wildman–Crippen LogP) is -0.523. The monoisotopic (exact) mass is 136 g/mol. The Balaban J connectivity index is 3.10. The molecular weight excluding hydrogens is 124 g/mol. The Labute approximate surface area is 54.7 Å². The van der Waals surface area contributed by atoms with Gasteiger partial charge in [0.15, 0.2) is 0 Å². The van der Waals surface area contributed by atoms with Crippen molar-refractivity contribution in [3.63, 3.8) is 0 Å². The molecule has 3 nitrogen and oxygen atoms in total. The minimum absolute atomic E-state index is 0.426. The fraction of sp³-hybridized carbons (Fsp3) is 1.00. The van der Waals surface area contributed by atoms with Gasteiger partial charge in [-0.1, -0.05) is 6.92 Å². The first-order valence-electron chi connectivity index (χ1n) is 2.54. The average molecular weight is 136 g/mol. The summed E-state index contributed by atoms with van der Waals surface area (Å²) in [7, 11) is 0. The summed E-state index contributed by atoms with van der Waals surface area (Å²) < 4.78 is 0. The molecule has 0 aromatic rings. The van der Waals surface area contributed by atoms with Crippen molar-refractivity contribution in [2.24, 2.45) is 5.73 Å². The lowest BCUT2D eigenvalue weighted by Crippen LogP contribution is -2.39. The van der Waals surface area contributed by atoms with Crippen LogP contribution < -0.4 is 11.1 Å². The molecular formula is C4H12N2OS. The molecule has 2 atom stereocenters. The highest BCUT2D eigenvalue weighted by Gasteiger charge is 1.99. The van der Waals surface area contributed by atoms with E-state index in [0.717, 1.165) is 0 Å². The Morgan fingerprint density at radius 3 is 2.50 bits per heavy atom. The second kappa shape index (κ2) is 4.14. The third-order valence-corrected chi connectivity index (χ3v) is 0.899. The van der Waals surface area contributed by atoms with Crippen LogP contribution >= 0.6 is 12.6 Å². The van der Waals surface area contributed by atoms with Crippen LogP contribution in [0.3, 0.4) is 0 Å². The van der Waals surface area contributed by atoms with Crippen molar-refractivity contribution < 1.29 is 5.11 Å². The average Bonchev–Trinajstić information content (AvgIpc) is 1.65. The first-order valence-corrected chi connectivity index (χ1v) is 3.06. The Bertz CT molecular complexity index is 60.0. The summed E-state index contributed by atoms with van der Waals surface area (Å²) in [4.78, 5) is 0. The van der Waals surface area contributed by atoms with Gasteiger partial charge in [-0.15, -0.1) is 12.6 Å². The minimum atomic E-state index is -0.525. The third kappa shape index (κ3) is 4.39. The van der Waals surface area contributed by atoms with Crippen LogP contribution in [0.1, 0.15) is 13.3 Å². The van der Waals surface area contributed by atoms with E-state index in [-0.39, 0.29) is 0 Å². The molecule has 0 spiro atoms. The van der Waals surface area contributed by atoms with E-state index < -0.39 is 11.7 Å². The van der Waals surface area contributed by atoms with Crippen molar-refractivity contribution in [3.05, 3.63) is 0 Å². The Morgan fingerprint density at radius 2 is 2.38 bits per heavy atom. The van der Waals surface area contributed by atoms with Gasteiger partial charge < -0.3 is 10.8 Å². The van der Waals surface area contributed by atoms with Gasteiger partial charge in [-0.2, -0.15) is 0 Å². The molecule has 0 aliphatic rings. The molecule has 0 bridgehead atoms. The summed E-state index contributed by atoms with van der Waals surface area (Å²) in [6.07, 6.45) is 0.122. The third-order valence-electron chi connectivity index (χ3n) is 0.750. The van der Waals surface area contributed by atoms with E-state index in [9.17, 15) is 0 Å². The molecule has 0 radical (unpaired) electrons. The van der Waals surface area contributed by atoms with E-state index in [0.29, 0.717) is 6.42 Å². The first kappa shape index (κ1) is 8.23. The van der Waals surface area contributed by atoms with Crippen LogP contribution in [0.4, 0.5) is 0 Å². The molecule has 0 fully saturated rings. The van der Waals surface area contributed by atoms with Crippen LogP contribution in [-0.4, -0.2) is 16.8 Å². The van der Waals surface area contributed by atoms with Crippen LogP contribution in [-0.2, 0) is 0 Å². The molecule has 0 aliphatic carbocycles. The first-order chi connectivity index (χ1) is 3.66. The SMILES string of the molecule is CCC(O)NC(N)S. The Kier molecular flexibility index (Phi) is 4.26. The molecule has 0 heterocycles. The molecule has 0 aromatic heterocycles. The van der Waals surface area contributed by atoms with Gasteiger partial charge in [-0.05, 0) is 6.42 Å². The maximum Gasteiger partial charge on any atom is 0.106 e. The number of nitrogens with one attached hydrogen (secondary N) is 1. The number of rotatable bonds is 3. The van der Waals surface area contributed by atoms with Crippen LogP contribution in [0.15, 0.2) is 0 Å². The maximum atomic E-state index is 8.79. The van der Waals surface area contributed by atoms with Crippen molar-refractivity contribution in [1.82, 2.24) is 5.32 Å². The summed E-state index contributed by atoms with van der Waals surface area (Å²) in [6, 6.07) is 0. The van der Waals surface area contributed by atoms with Crippen molar-refractivity contribution in [1.29, 1.82) is 0 Å². The summed E-state index contributed by atoms with van der Waals surface area (Å²) in [5.41, 5.74) is 4.74. The molecule has 4 heteroatoms. The number of thiol groups is 1. The molecule has 50 valence electrons. The topological polar surface area (TPSA) is 58.3 Å². The van der Waals surface area contributed by atoms with E-state index >= 15 is 0 Å². The molecule has 8 heavy (non-hydrogen) atoms. The van der Waals surface area contributed by atoms with Gasteiger partial charge in [0, 0.05) is 0 Å². The maximum absolute atomic E-state index is 8.79. The summed E-state index contributed by atoms with van der Waals surface area (Å²) in [6.45, 7) is 1.85. The molecule has 0 saturated carbocycles. The van der Waals surface area contributed by atoms with E-state index in [1.54, 1.807) is 0 Å². The van der Waals surface area contributed by atoms with Gasteiger partial charge in [-0.25, -0.2) is 0 Å². The van der Waals surface area contributed by atoms with Crippen molar-refractivity contribution in [2.45, 2.75) is 25.1 Å². The predicted molar refractivity (Wildman–Crippen MR) is 36.4 cm³/mol. The molecule has 0 saturated heterocycles. The number of aliphatic hydroxyl groups is 1. The second-order valence-electron chi connectivity index (χ2n) is 1.54. The highest BCUT2D eigenvalue weighted by Crippen LogP contribution is 1.86. The Morgan fingerprint density at radius 1 is 1.88 bits per heavy atom. The quantitative estimate of drug-likeness (QED) is 0.312. The molecule has 0 aromatic carbocycles. The number of aliphatic hydroxyl groups excluding tert-OH is 1. The van der Waals surface area contributed by atoms with Gasteiger partial charge in [0.1, 0.15) is 11.7 Å². The lowest BCUT2D eigenvalue weighted by Gasteiger charge is -2.11. The van der Waals surface area contributed by atoms with Gasteiger partial charge in [0.25, 0.3) is 0 Å². The van der Waals surface area contributed by atoms with E-state index in [2.05, 4.69) is 17.9 Å². The standard InChI is InChI=1S/C4H12N2OS/c1-2-3(7)6-4(5)8/h3-4,6-8H,2,5H2,1H3. The fourth-order valence-corrected chi connectivity index (χ4v) is 0.487. The zero-order chi connectivity index (χ0) is 6.57. The van der Waals surface area contributed by atoms with E-state index in [4.69, 9.17) is 10.8 Å². The zero-order valence-corrected chi connectivity index (χ0v) is 5.73. The minimum Gasteiger partial charge on any atom is -0.379 e. The fourth-order valence-electron chi connectivity index (χ4n) is 0.315. The lowest BCUT2D eigenvalue weighted by molar-refractivity contribution is 0.131. The molecule has 0 aliphatic heterocycles. The molecule has 0 rings (SSSR count). The van der Waals surface area contributed by atoms with E-state index in [1.807, 2.05) is 6.92 Å². The highest BCUT2D eigenvalue weighted by atomic mass is 32.1. The van der Waals surface area contributed by atoms with Crippen LogP contribution in [0.25, 0.3) is 0 Å². The highest BCUT2D eigenvalue weighted by molar-refractivity contribution is 7.80. The van der Waals surface area contributed by atoms with Gasteiger partial charge in [0.2, 0.25) is 0 Å². The lowest BCUT2D eigenvalue weighted by atomic mass is 10.4. The number of hydrogen-bond acceptors (Lipinski definition) is 4. The van der Waals surface area contributed by atoms with Gasteiger partial charge in [0.05, 0.1) is 0 Å². The van der Waals surface area contributed by atoms with Gasteiger partial charge in [-0.3, -0.25) is 5.32 Å². The normalized spacial score (nSPS) is 18.0. The summed E-state index contributed by atoms with van der Waals surface area (Å²) in [5, 5.41) is 11.4. The zero-order valence-electron chi connectivity index (χ0n) is 4.83. The molecule has 4 N–H and O–H groups in total. The summed E-state index contributed by atoms with van der Waals surface area (Å²) >= 11 is 3.80. The molecule has 0 amide bonds. The van der Waals surface area contributed by atoms with Crippen LogP contribution in [0.5, 0.6) is 0 Å². The van der Waals surface area contributed by atoms with Gasteiger partial charge >= 0.3 is 0 Å². The van der Waals surface area contributed by atoms with Crippen LogP contribution in [0.2, 0.25) is 0 Å². The Hall–Kier alpha value is 0.230. The number of hydrogen-bond donors (Lipinski definition) is 4. The van der Waals surface area contributed by atoms with Crippen molar-refractivity contribution in [2.75, 3.05) is 0 Å². The second-order valence-corrected chi connectivity index (χ2v) is 2.09. The van der Waals surface area contributed by atoms with Crippen molar-refractivity contribution in [3.8, 4) is 0 Å². The smallest absolute Gasteiger partial charge is 0.106 e. The van der Waals surface area contributed by atoms with Crippen molar-refractivity contribution >= 4 is 12.6 Å². The van der Waals surface area contributed by atoms with E-state index in [1.165, 1.54) is 0 Å². The molecule has 2 unspecified atom stereocenters. The number of nitrogens with two attached hydrogens (primary N) is 1. The largest absolute Gasteiger partial charge is 0.379 e.